The van der Waals surface area contributed by atoms with E-state index < -0.39 is 0 Å². The van der Waals surface area contributed by atoms with E-state index in [-0.39, 0.29) is 5.91 Å². The fourth-order valence-electron chi connectivity index (χ4n) is 2.63. The normalized spacial score (nSPS) is 10.8. The summed E-state index contributed by atoms with van der Waals surface area (Å²) in [6.45, 7) is 2.87. The van der Waals surface area contributed by atoms with Gasteiger partial charge in [-0.1, -0.05) is 28.1 Å². The van der Waals surface area contributed by atoms with Crippen molar-refractivity contribution >= 4 is 73.2 Å². The number of ether oxygens (including phenoxy) is 2. The van der Waals surface area contributed by atoms with Crippen LogP contribution >= 0.6 is 61.1 Å². The minimum absolute atomic E-state index is 0.262. The topological polar surface area (TPSA) is 59.9 Å². The van der Waals surface area contributed by atoms with Crippen LogP contribution < -0.4 is 14.9 Å². The molecule has 3 aromatic carbocycles. The fourth-order valence-corrected chi connectivity index (χ4v) is 4.04. The minimum atomic E-state index is -0.262. The molecule has 1 N–H and O–H groups in total. The molecule has 5 nitrogen and oxygen atoms in total. The number of hydrogen-bond acceptors (Lipinski definition) is 4. The highest BCUT2D eigenvalue weighted by molar-refractivity contribution is 14.1. The first-order chi connectivity index (χ1) is 15.0. The molecule has 0 heterocycles. The van der Waals surface area contributed by atoms with Gasteiger partial charge in [0.2, 0.25) is 0 Å². The van der Waals surface area contributed by atoms with Crippen LogP contribution in [0.5, 0.6) is 11.5 Å². The first-order valence-electron chi connectivity index (χ1n) is 9.39. The van der Waals surface area contributed by atoms with Crippen molar-refractivity contribution in [3.63, 3.8) is 0 Å². The van der Waals surface area contributed by atoms with Crippen molar-refractivity contribution in [3.05, 3.63) is 89.0 Å². The largest absolute Gasteiger partial charge is 0.490 e. The summed E-state index contributed by atoms with van der Waals surface area (Å²) in [6.07, 6.45) is 1.59. The smallest absolute Gasteiger partial charge is 0.271 e. The second kappa shape index (κ2) is 11.8. The maximum atomic E-state index is 12.2. The van der Waals surface area contributed by atoms with Crippen LogP contribution in [-0.2, 0) is 6.61 Å². The third kappa shape index (κ3) is 7.18. The Morgan fingerprint density at radius 1 is 1.06 bits per heavy atom. The molecule has 0 atom stereocenters. The highest BCUT2D eigenvalue weighted by atomic mass is 127. The Kier molecular flexibility index (Phi) is 9.15. The minimum Gasteiger partial charge on any atom is -0.490 e. The van der Waals surface area contributed by atoms with Gasteiger partial charge in [-0.25, -0.2) is 5.43 Å². The van der Waals surface area contributed by atoms with E-state index in [9.17, 15) is 4.79 Å². The predicted octanol–water partition coefficient (Wildman–Crippen LogP) is 6.40. The average molecular weight is 705 g/mol. The number of nitrogens with zero attached hydrogens (tertiary/aromatic N) is 1. The van der Waals surface area contributed by atoms with Gasteiger partial charge in [-0.2, -0.15) is 5.10 Å². The molecule has 0 aliphatic rings. The summed E-state index contributed by atoms with van der Waals surface area (Å²) < 4.78 is 14.8. The van der Waals surface area contributed by atoms with Crippen LogP contribution in [-0.4, -0.2) is 18.7 Å². The zero-order valence-electron chi connectivity index (χ0n) is 16.6. The lowest BCUT2D eigenvalue weighted by molar-refractivity contribution is 0.0955. The van der Waals surface area contributed by atoms with Crippen molar-refractivity contribution in [3.8, 4) is 11.5 Å². The second-order valence-electron chi connectivity index (χ2n) is 6.38. The molecule has 160 valence electrons. The number of nitrogens with one attached hydrogen (secondary N) is 1. The van der Waals surface area contributed by atoms with Crippen molar-refractivity contribution < 1.29 is 14.3 Å². The highest BCUT2D eigenvalue weighted by Gasteiger charge is 2.12. The van der Waals surface area contributed by atoms with Crippen molar-refractivity contribution in [1.82, 2.24) is 5.43 Å². The van der Waals surface area contributed by atoms with E-state index in [1.807, 2.05) is 55.5 Å². The van der Waals surface area contributed by atoms with E-state index in [1.54, 1.807) is 18.3 Å². The maximum absolute atomic E-state index is 12.2. The van der Waals surface area contributed by atoms with Gasteiger partial charge in [-0.15, -0.1) is 0 Å². The molecule has 3 aromatic rings. The van der Waals surface area contributed by atoms with Gasteiger partial charge in [0.15, 0.2) is 11.5 Å². The Morgan fingerprint density at radius 3 is 2.45 bits per heavy atom. The van der Waals surface area contributed by atoms with Gasteiger partial charge < -0.3 is 9.47 Å². The average Bonchev–Trinajstić information content (AvgIpc) is 2.75. The van der Waals surface area contributed by atoms with Crippen LogP contribution in [0.4, 0.5) is 0 Å². The summed E-state index contributed by atoms with van der Waals surface area (Å²) >= 11 is 7.85. The molecular formula is C23H19BrI2N2O3. The van der Waals surface area contributed by atoms with Crippen LogP contribution in [0.25, 0.3) is 0 Å². The third-order valence-corrected chi connectivity index (χ3v) is 6.16. The number of hydrogen-bond donors (Lipinski definition) is 1. The summed E-state index contributed by atoms with van der Waals surface area (Å²) in [4.78, 5) is 12.2. The third-order valence-electron chi connectivity index (χ3n) is 4.11. The maximum Gasteiger partial charge on any atom is 0.271 e. The zero-order valence-corrected chi connectivity index (χ0v) is 22.5. The molecule has 8 heteroatoms. The number of hydrazone groups is 1. The van der Waals surface area contributed by atoms with Crippen molar-refractivity contribution in [2.75, 3.05) is 6.61 Å². The Labute approximate surface area is 217 Å². The summed E-state index contributed by atoms with van der Waals surface area (Å²) in [5.74, 6) is 1.06. The van der Waals surface area contributed by atoms with E-state index in [1.165, 1.54) is 0 Å². The number of amides is 1. The highest BCUT2D eigenvalue weighted by Crippen LogP contribution is 2.34. The van der Waals surface area contributed by atoms with E-state index in [4.69, 9.17) is 9.47 Å². The van der Waals surface area contributed by atoms with Crippen LogP contribution in [0.15, 0.2) is 70.2 Å². The molecule has 0 saturated carbocycles. The first kappa shape index (κ1) is 24.0. The monoisotopic (exact) mass is 704 g/mol. The predicted molar refractivity (Wildman–Crippen MR) is 143 cm³/mol. The van der Waals surface area contributed by atoms with Gasteiger partial charge >= 0.3 is 0 Å². The van der Waals surface area contributed by atoms with Crippen LogP contribution in [0.2, 0.25) is 0 Å². The molecular weight excluding hydrogens is 686 g/mol. The number of rotatable bonds is 8. The van der Waals surface area contributed by atoms with Gasteiger partial charge in [0, 0.05) is 13.6 Å². The second-order valence-corrected chi connectivity index (χ2v) is 9.71. The summed E-state index contributed by atoms with van der Waals surface area (Å²) in [5, 5.41) is 4.08. The molecule has 0 fully saturated rings. The van der Waals surface area contributed by atoms with E-state index in [0.717, 1.165) is 22.7 Å². The van der Waals surface area contributed by atoms with Gasteiger partial charge in [0.1, 0.15) is 6.61 Å². The molecule has 3 rings (SSSR count). The standard InChI is InChI=1S/C23H19BrI2N2O3/c1-2-30-21-12-16(13-27-28-23(29)17-5-9-19(25)10-6-17)11-20(26)22(21)31-14-15-3-7-18(24)8-4-15/h3-13H,2,14H2,1H3,(H,28,29)/b27-13-. The van der Waals surface area contributed by atoms with E-state index >= 15 is 0 Å². The molecule has 0 aliphatic heterocycles. The molecule has 31 heavy (non-hydrogen) atoms. The van der Waals surface area contributed by atoms with Crippen molar-refractivity contribution in [2.45, 2.75) is 13.5 Å². The molecule has 0 unspecified atom stereocenters. The quantitative estimate of drug-likeness (QED) is 0.168. The SMILES string of the molecule is CCOc1cc(/C=N\NC(=O)c2ccc(I)cc2)cc(I)c1OCc1ccc(Br)cc1. The van der Waals surface area contributed by atoms with E-state index in [0.29, 0.717) is 30.3 Å². The Hall–Kier alpha value is -1.66. The Bertz CT molecular complexity index is 1070. The van der Waals surface area contributed by atoms with Gasteiger partial charge in [0.25, 0.3) is 5.91 Å². The molecule has 0 saturated heterocycles. The van der Waals surface area contributed by atoms with Crippen LogP contribution in [0.1, 0.15) is 28.4 Å². The number of carbonyl (C=O) groups excluding carboxylic acids is 1. The molecule has 1 amide bonds. The molecule has 0 radical (unpaired) electrons. The van der Waals surface area contributed by atoms with Crippen molar-refractivity contribution in [1.29, 1.82) is 0 Å². The lowest BCUT2D eigenvalue weighted by Crippen LogP contribution is -2.17. The van der Waals surface area contributed by atoms with Gasteiger partial charge in [-0.3, -0.25) is 4.79 Å². The van der Waals surface area contributed by atoms with Crippen molar-refractivity contribution in [2.24, 2.45) is 5.10 Å². The van der Waals surface area contributed by atoms with Crippen LogP contribution in [0, 0.1) is 7.14 Å². The summed E-state index contributed by atoms with van der Waals surface area (Å²) in [6, 6.07) is 19.0. The molecule has 0 aromatic heterocycles. The molecule has 0 bridgehead atoms. The Morgan fingerprint density at radius 2 is 1.77 bits per heavy atom. The summed E-state index contributed by atoms with van der Waals surface area (Å²) in [5.41, 5.74) is 4.97. The zero-order chi connectivity index (χ0) is 22.2. The first-order valence-corrected chi connectivity index (χ1v) is 12.3. The summed E-state index contributed by atoms with van der Waals surface area (Å²) in [7, 11) is 0. The molecule has 0 aliphatic carbocycles. The fraction of sp³-hybridized carbons (Fsp3) is 0.130. The number of carbonyl (C=O) groups is 1. The van der Waals surface area contributed by atoms with E-state index in [2.05, 4.69) is 71.6 Å². The Balaban J connectivity index is 1.71. The molecule has 0 spiro atoms. The van der Waals surface area contributed by atoms with Gasteiger partial charge in [0.05, 0.1) is 16.4 Å². The lowest BCUT2D eigenvalue weighted by atomic mass is 10.2. The lowest BCUT2D eigenvalue weighted by Gasteiger charge is -2.15. The van der Waals surface area contributed by atoms with Crippen LogP contribution in [0.3, 0.4) is 0 Å². The van der Waals surface area contributed by atoms with Gasteiger partial charge in [-0.05, 0) is 112 Å². The number of halogens is 3. The number of benzene rings is 3.